The average Bonchev–Trinajstić information content (AvgIpc) is 2.99. The van der Waals surface area contributed by atoms with Crippen LogP contribution in [-0.4, -0.2) is 16.5 Å². The van der Waals surface area contributed by atoms with Crippen molar-refractivity contribution in [3.63, 3.8) is 0 Å². The van der Waals surface area contributed by atoms with Crippen LogP contribution in [0, 0.1) is 0 Å². The van der Waals surface area contributed by atoms with Crippen LogP contribution in [0.4, 0.5) is 0 Å². The number of aromatic amines is 1. The van der Waals surface area contributed by atoms with Crippen molar-refractivity contribution in [2.24, 2.45) is 0 Å². The van der Waals surface area contributed by atoms with Gasteiger partial charge < -0.3 is 0 Å². The molecular formula is C18H22N2S. The second kappa shape index (κ2) is 6.52. The first-order valence-electron chi connectivity index (χ1n) is 7.68. The zero-order valence-corrected chi connectivity index (χ0v) is 13.4. The van der Waals surface area contributed by atoms with Gasteiger partial charge in [-0.15, -0.1) is 11.8 Å². The van der Waals surface area contributed by atoms with Crippen molar-refractivity contribution in [1.29, 1.82) is 0 Å². The van der Waals surface area contributed by atoms with Gasteiger partial charge in [-0.25, -0.2) is 0 Å². The van der Waals surface area contributed by atoms with E-state index >= 15 is 0 Å². The van der Waals surface area contributed by atoms with Crippen molar-refractivity contribution < 1.29 is 0 Å². The van der Waals surface area contributed by atoms with Crippen LogP contribution < -0.4 is 0 Å². The predicted molar refractivity (Wildman–Crippen MR) is 91.7 cm³/mol. The highest BCUT2D eigenvalue weighted by molar-refractivity contribution is 7.98. The lowest BCUT2D eigenvalue weighted by Crippen LogP contribution is -2.06. The van der Waals surface area contributed by atoms with E-state index in [4.69, 9.17) is 0 Å². The van der Waals surface area contributed by atoms with E-state index in [-0.39, 0.29) is 0 Å². The number of hydrogen-bond donors (Lipinski definition) is 1. The molecule has 3 rings (SSSR count). The topological polar surface area (TPSA) is 28.7 Å². The zero-order valence-electron chi connectivity index (χ0n) is 12.6. The fourth-order valence-electron chi connectivity index (χ4n) is 3.30. The molecule has 1 aliphatic rings. The van der Waals surface area contributed by atoms with E-state index in [1.165, 1.54) is 53.8 Å². The molecule has 2 nitrogen and oxygen atoms in total. The lowest BCUT2D eigenvalue weighted by atomic mass is 9.82. The molecule has 1 N–H and O–H groups in total. The summed E-state index contributed by atoms with van der Waals surface area (Å²) in [5.41, 5.74) is 4.82. The lowest BCUT2D eigenvalue weighted by molar-refractivity contribution is 0.444. The van der Waals surface area contributed by atoms with Gasteiger partial charge in [0.05, 0.1) is 11.4 Å². The molecule has 110 valence electrons. The first-order valence-corrected chi connectivity index (χ1v) is 8.91. The number of H-pyrrole nitrogens is 1. The number of rotatable bonds is 4. The Bertz CT molecular complexity index is 607. The van der Waals surface area contributed by atoms with Gasteiger partial charge in [-0.05, 0) is 48.8 Å². The molecule has 1 fully saturated rings. The number of aromatic nitrogens is 2. The molecule has 3 heteroatoms. The highest BCUT2D eigenvalue weighted by atomic mass is 32.2. The summed E-state index contributed by atoms with van der Waals surface area (Å²) in [6.45, 7) is 3.93. The molecule has 1 saturated carbocycles. The summed E-state index contributed by atoms with van der Waals surface area (Å²) in [4.78, 5) is 1.29. The molecule has 0 aliphatic heterocycles. The fourth-order valence-corrected chi connectivity index (χ4v) is 3.71. The van der Waals surface area contributed by atoms with Crippen molar-refractivity contribution in [2.75, 3.05) is 6.26 Å². The molecule has 0 amide bonds. The van der Waals surface area contributed by atoms with E-state index in [1.54, 1.807) is 11.8 Å². The van der Waals surface area contributed by atoms with E-state index in [0.29, 0.717) is 5.92 Å². The molecule has 0 unspecified atom stereocenters. The molecule has 1 aromatic carbocycles. The Labute approximate surface area is 131 Å². The van der Waals surface area contributed by atoms with Crippen LogP contribution in [0.1, 0.15) is 49.3 Å². The van der Waals surface area contributed by atoms with Crippen LogP contribution in [-0.2, 0) is 0 Å². The highest BCUT2D eigenvalue weighted by Gasteiger charge is 2.23. The van der Waals surface area contributed by atoms with Crippen LogP contribution >= 0.6 is 11.8 Å². The molecule has 0 atom stereocenters. The smallest absolute Gasteiger partial charge is 0.0883 e. The Hall–Kier alpha value is -1.48. The Balaban J connectivity index is 2.00. The summed E-state index contributed by atoms with van der Waals surface area (Å²) in [6.07, 6.45) is 10.6. The van der Waals surface area contributed by atoms with Crippen LogP contribution in [0.5, 0.6) is 0 Å². The van der Waals surface area contributed by atoms with Gasteiger partial charge in [0.15, 0.2) is 0 Å². The van der Waals surface area contributed by atoms with Gasteiger partial charge in [0.2, 0.25) is 0 Å². The van der Waals surface area contributed by atoms with E-state index in [0.717, 1.165) is 5.69 Å². The van der Waals surface area contributed by atoms with E-state index < -0.39 is 0 Å². The monoisotopic (exact) mass is 298 g/mol. The highest BCUT2D eigenvalue weighted by Crippen LogP contribution is 2.39. The normalized spacial score (nSPS) is 16.0. The van der Waals surface area contributed by atoms with Gasteiger partial charge >= 0.3 is 0 Å². The SMILES string of the molecule is C=Cc1n[nH]c(-c2ccc(SC)cc2)c1C1CCCCC1. The first kappa shape index (κ1) is 14.5. The summed E-state index contributed by atoms with van der Waals surface area (Å²) >= 11 is 1.77. The number of thioether (sulfide) groups is 1. The summed E-state index contributed by atoms with van der Waals surface area (Å²) in [5.74, 6) is 0.626. The molecule has 0 saturated heterocycles. The summed E-state index contributed by atoms with van der Waals surface area (Å²) in [7, 11) is 0. The minimum absolute atomic E-state index is 0.626. The minimum Gasteiger partial charge on any atom is -0.277 e. The Morgan fingerprint density at radius 2 is 1.90 bits per heavy atom. The maximum absolute atomic E-state index is 4.48. The quantitative estimate of drug-likeness (QED) is 0.756. The third-order valence-corrected chi connectivity index (χ3v) is 5.16. The maximum Gasteiger partial charge on any atom is 0.0883 e. The number of nitrogens with one attached hydrogen (secondary N) is 1. The molecule has 0 radical (unpaired) electrons. The second-order valence-corrected chi connectivity index (χ2v) is 6.54. The predicted octanol–water partition coefficient (Wildman–Crippen LogP) is 5.49. The molecular weight excluding hydrogens is 276 g/mol. The Morgan fingerprint density at radius 3 is 2.52 bits per heavy atom. The van der Waals surface area contributed by atoms with Crippen LogP contribution in [0.2, 0.25) is 0 Å². The minimum atomic E-state index is 0.626. The molecule has 21 heavy (non-hydrogen) atoms. The molecule has 2 aromatic rings. The molecule has 1 aliphatic carbocycles. The summed E-state index contributed by atoms with van der Waals surface area (Å²) in [5, 5.41) is 7.73. The zero-order chi connectivity index (χ0) is 14.7. The van der Waals surface area contributed by atoms with Crippen molar-refractivity contribution >= 4 is 17.8 Å². The van der Waals surface area contributed by atoms with Gasteiger partial charge in [0.25, 0.3) is 0 Å². The summed E-state index contributed by atoms with van der Waals surface area (Å²) in [6, 6.07) is 8.75. The van der Waals surface area contributed by atoms with Crippen molar-refractivity contribution in [2.45, 2.75) is 42.9 Å². The Morgan fingerprint density at radius 1 is 1.19 bits per heavy atom. The van der Waals surface area contributed by atoms with Crippen LogP contribution in [0.15, 0.2) is 35.7 Å². The fraction of sp³-hybridized carbons (Fsp3) is 0.389. The standard InChI is InChI=1S/C18H22N2S/c1-3-16-17(13-7-5-4-6-8-13)18(20-19-16)14-9-11-15(21-2)12-10-14/h3,9-13H,1,4-8H2,2H3,(H,19,20). The van der Waals surface area contributed by atoms with Gasteiger partial charge in [0.1, 0.15) is 0 Å². The number of nitrogens with zero attached hydrogens (tertiary/aromatic N) is 1. The van der Waals surface area contributed by atoms with E-state index in [2.05, 4.69) is 47.3 Å². The van der Waals surface area contributed by atoms with Crippen molar-refractivity contribution in [3.05, 3.63) is 42.1 Å². The largest absolute Gasteiger partial charge is 0.277 e. The van der Waals surface area contributed by atoms with Gasteiger partial charge in [-0.3, -0.25) is 5.10 Å². The molecule has 1 aromatic heterocycles. The average molecular weight is 298 g/mol. The number of hydrogen-bond acceptors (Lipinski definition) is 2. The van der Waals surface area contributed by atoms with E-state index in [1.807, 2.05) is 6.08 Å². The number of benzene rings is 1. The third kappa shape index (κ3) is 2.93. The van der Waals surface area contributed by atoms with Crippen LogP contribution in [0.25, 0.3) is 17.3 Å². The van der Waals surface area contributed by atoms with Gasteiger partial charge in [-0.2, -0.15) is 5.10 Å². The summed E-state index contributed by atoms with van der Waals surface area (Å²) < 4.78 is 0. The second-order valence-electron chi connectivity index (χ2n) is 5.67. The van der Waals surface area contributed by atoms with E-state index in [9.17, 15) is 0 Å². The maximum atomic E-state index is 4.48. The molecule has 0 bridgehead atoms. The first-order chi connectivity index (χ1) is 10.3. The van der Waals surface area contributed by atoms with Crippen molar-refractivity contribution in [1.82, 2.24) is 10.2 Å². The van der Waals surface area contributed by atoms with Gasteiger partial charge in [0, 0.05) is 10.5 Å². The van der Waals surface area contributed by atoms with Crippen LogP contribution in [0.3, 0.4) is 0 Å². The molecule has 1 heterocycles. The molecule has 0 spiro atoms. The Kier molecular flexibility index (Phi) is 4.49. The lowest BCUT2D eigenvalue weighted by Gasteiger charge is -2.22. The van der Waals surface area contributed by atoms with Crippen molar-refractivity contribution in [3.8, 4) is 11.3 Å². The third-order valence-electron chi connectivity index (χ3n) is 4.42. The van der Waals surface area contributed by atoms with Gasteiger partial charge in [-0.1, -0.05) is 38.0 Å².